The molecule has 0 aliphatic carbocycles. The number of aliphatic hydroxyl groups excluding tert-OH is 1. The smallest absolute Gasteiger partial charge is 0.326 e. The van der Waals surface area contributed by atoms with Gasteiger partial charge in [-0.1, -0.05) is 12.1 Å². The molecule has 0 spiro atoms. The van der Waals surface area contributed by atoms with Crippen LogP contribution in [0.25, 0.3) is 0 Å². The second kappa shape index (κ2) is 12.4. The van der Waals surface area contributed by atoms with Gasteiger partial charge in [0, 0.05) is 6.42 Å². The van der Waals surface area contributed by atoms with Gasteiger partial charge in [0.1, 0.15) is 29.9 Å². The second-order valence-corrected chi connectivity index (χ2v) is 7.43. The van der Waals surface area contributed by atoms with Crippen molar-refractivity contribution in [2.75, 3.05) is 0 Å². The van der Waals surface area contributed by atoms with E-state index in [-0.39, 0.29) is 12.2 Å². The Labute approximate surface area is 189 Å². The lowest BCUT2D eigenvalue weighted by Gasteiger charge is -2.23. The maximum atomic E-state index is 12.5. The highest BCUT2D eigenvalue weighted by Crippen LogP contribution is 2.11. The summed E-state index contributed by atoms with van der Waals surface area (Å²) in [7, 11) is 0. The fraction of sp³-hybridized carbons (Fsp3) is 0.450. The molecule has 0 aliphatic rings. The first-order valence-corrected chi connectivity index (χ1v) is 9.89. The van der Waals surface area contributed by atoms with Crippen LogP contribution in [0.15, 0.2) is 24.3 Å². The molecule has 13 heteroatoms. The topological polar surface area (TPSA) is 228 Å². The van der Waals surface area contributed by atoms with Gasteiger partial charge in [0.2, 0.25) is 17.7 Å². The number of carboxylic acid groups (broad SMARTS) is 2. The normalized spacial score (nSPS) is 15.3. The highest BCUT2D eigenvalue weighted by atomic mass is 16.4. The van der Waals surface area contributed by atoms with E-state index >= 15 is 0 Å². The van der Waals surface area contributed by atoms with Gasteiger partial charge in [-0.25, -0.2) is 4.79 Å². The summed E-state index contributed by atoms with van der Waals surface area (Å²) >= 11 is 0. The molecule has 1 aromatic carbocycles. The molecule has 13 nitrogen and oxygen atoms in total. The number of hydrogen-bond donors (Lipinski definition) is 8. The molecule has 9 N–H and O–H groups in total. The average Bonchev–Trinajstić information content (AvgIpc) is 2.72. The number of nitrogens with one attached hydrogen (secondary N) is 3. The molecule has 5 unspecified atom stereocenters. The molecule has 0 aliphatic heterocycles. The first-order chi connectivity index (χ1) is 15.3. The van der Waals surface area contributed by atoms with Crippen molar-refractivity contribution in [3.8, 4) is 5.75 Å². The third kappa shape index (κ3) is 9.13. The van der Waals surface area contributed by atoms with E-state index in [2.05, 4.69) is 16.0 Å². The molecule has 0 saturated carbocycles. The zero-order valence-electron chi connectivity index (χ0n) is 18.0. The van der Waals surface area contributed by atoms with E-state index in [4.69, 9.17) is 10.8 Å². The molecule has 0 saturated heterocycles. The minimum absolute atomic E-state index is 0.0107. The molecule has 0 fully saturated rings. The molecule has 3 amide bonds. The Hall–Kier alpha value is -3.71. The van der Waals surface area contributed by atoms with Gasteiger partial charge >= 0.3 is 11.9 Å². The summed E-state index contributed by atoms with van der Waals surface area (Å²) in [5, 5.41) is 43.7. The van der Waals surface area contributed by atoms with Crippen molar-refractivity contribution in [3.05, 3.63) is 29.8 Å². The third-order valence-corrected chi connectivity index (χ3v) is 4.58. The highest BCUT2D eigenvalue weighted by molar-refractivity contribution is 5.95. The number of benzene rings is 1. The molecule has 0 heterocycles. The first-order valence-electron chi connectivity index (χ1n) is 9.89. The number of rotatable bonds is 12. The van der Waals surface area contributed by atoms with Gasteiger partial charge in [-0.05, 0) is 31.5 Å². The number of aliphatic hydroxyl groups is 1. The van der Waals surface area contributed by atoms with Gasteiger partial charge < -0.3 is 42.1 Å². The molecular formula is C20H28N4O9. The van der Waals surface area contributed by atoms with Crippen LogP contribution >= 0.6 is 0 Å². The van der Waals surface area contributed by atoms with Crippen molar-refractivity contribution >= 4 is 29.7 Å². The Morgan fingerprint density at radius 2 is 1.42 bits per heavy atom. The largest absolute Gasteiger partial charge is 0.508 e. The van der Waals surface area contributed by atoms with Gasteiger partial charge in [0.15, 0.2) is 0 Å². The Bertz CT molecular complexity index is 873. The van der Waals surface area contributed by atoms with Crippen LogP contribution in [0, 0.1) is 0 Å². The lowest BCUT2D eigenvalue weighted by atomic mass is 10.1. The monoisotopic (exact) mass is 468 g/mol. The fourth-order valence-corrected chi connectivity index (χ4v) is 2.61. The summed E-state index contributed by atoms with van der Waals surface area (Å²) < 4.78 is 0. The summed E-state index contributed by atoms with van der Waals surface area (Å²) in [6.45, 7) is 2.48. The van der Waals surface area contributed by atoms with Crippen molar-refractivity contribution < 1.29 is 44.4 Å². The van der Waals surface area contributed by atoms with E-state index in [1.807, 2.05) is 0 Å². The van der Waals surface area contributed by atoms with Crippen LogP contribution in [0.5, 0.6) is 5.75 Å². The predicted molar refractivity (Wildman–Crippen MR) is 113 cm³/mol. The number of carboxylic acids is 2. The number of phenols is 1. The SMILES string of the molecule is CC(NC(=O)C(CC(=O)O)NC(=O)C(N)C(C)O)C(=O)NC(Cc1ccc(O)cc1)C(=O)O. The maximum absolute atomic E-state index is 12.5. The third-order valence-electron chi connectivity index (χ3n) is 4.58. The minimum atomic E-state index is -1.60. The van der Waals surface area contributed by atoms with E-state index in [0.717, 1.165) is 0 Å². The predicted octanol–water partition coefficient (Wildman–Crippen LogP) is -2.32. The lowest BCUT2D eigenvalue weighted by Crippen LogP contribution is -2.58. The average molecular weight is 468 g/mol. The maximum Gasteiger partial charge on any atom is 0.326 e. The zero-order chi connectivity index (χ0) is 25.3. The zero-order valence-corrected chi connectivity index (χ0v) is 18.0. The molecule has 0 aromatic heterocycles. The lowest BCUT2D eigenvalue weighted by molar-refractivity contribution is -0.143. The molecular weight excluding hydrogens is 440 g/mol. The number of nitrogens with two attached hydrogens (primary N) is 1. The van der Waals surface area contributed by atoms with Crippen molar-refractivity contribution in [1.29, 1.82) is 0 Å². The quantitative estimate of drug-likeness (QED) is 0.163. The second-order valence-electron chi connectivity index (χ2n) is 7.43. The van der Waals surface area contributed by atoms with E-state index in [9.17, 15) is 39.3 Å². The fourth-order valence-electron chi connectivity index (χ4n) is 2.61. The van der Waals surface area contributed by atoms with Crippen LogP contribution in [0.2, 0.25) is 0 Å². The van der Waals surface area contributed by atoms with Gasteiger partial charge in [-0.2, -0.15) is 0 Å². The van der Waals surface area contributed by atoms with Gasteiger partial charge in [-0.15, -0.1) is 0 Å². The Balaban J connectivity index is 2.81. The summed E-state index contributed by atoms with van der Waals surface area (Å²) in [5.41, 5.74) is 5.99. The first kappa shape index (κ1) is 27.3. The number of phenolic OH excluding ortho intramolecular Hbond substituents is 1. The van der Waals surface area contributed by atoms with Crippen LogP contribution in [0.4, 0.5) is 0 Å². The number of aromatic hydroxyl groups is 1. The molecule has 182 valence electrons. The molecule has 0 radical (unpaired) electrons. The summed E-state index contributed by atoms with van der Waals surface area (Å²) in [5.74, 6) is -5.62. The number of amides is 3. The Kier molecular flexibility index (Phi) is 10.2. The van der Waals surface area contributed by atoms with Crippen LogP contribution in [-0.2, 0) is 30.4 Å². The van der Waals surface area contributed by atoms with Crippen molar-refractivity contribution in [2.45, 2.75) is 57.0 Å². The Morgan fingerprint density at radius 1 is 0.879 bits per heavy atom. The van der Waals surface area contributed by atoms with Crippen LogP contribution in [-0.4, -0.2) is 80.4 Å². The molecule has 0 bridgehead atoms. The van der Waals surface area contributed by atoms with Crippen LogP contribution in [0.3, 0.4) is 0 Å². The van der Waals surface area contributed by atoms with E-state index in [0.29, 0.717) is 5.56 Å². The van der Waals surface area contributed by atoms with E-state index in [1.165, 1.54) is 38.1 Å². The van der Waals surface area contributed by atoms with Crippen molar-refractivity contribution in [2.24, 2.45) is 5.73 Å². The van der Waals surface area contributed by atoms with Crippen LogP contribution < -0.4 is 21.7 Å². The summed E-state index contributed by atoms with van der Waals surface area (Å²) in [6.07, 6.45) is -2.18. The molecule has 5 atom stereocenters. The standard InChI is InChI=1S/C20H28N4O9/c1-9(17(29)24-14(20(32)33)7-11-3-5-12(26)6-4-11)22-18(30)13(8-15(27)28)23-19(31)16(21)10(2)25/h3-6,9-10,13-14,16,25-26H,7-8,21H2,1-2H3,(H,22,30)(H,23,31)(H,24,29)(H,27,28)(H,32,33). The van der Waals surface area contributed by atoms with Gasteiger partial charge in [-0.3, -0.25) is 19.2 Å². The van der Waals surface area contributed by atoms with E-state index in [1.54, 1.807) is 0 Å². The van der Waals surface area contributed by atoms with Crippen molar-refractivity contribution in [3.63, 3.8) is 0 Å². The van der Waals surface area contributed by atoms with Crippen LogP contribution in [0.1, 0.15) is 25.8 Å². The number of aliphatic carboxylic acids is 2. The molecule has 1 rings (SSSR count). The Morgan fingerprint density at radius 3 is 1.91 bits per heavy atom. The molecule has 33 heavy (non-hydrogen) atoms. The number of carbonyl (C=O) groups is 5. The summed E-state index contributed by atoms with van der Waals surface area (Å²) in [4.78, 5) is 59.4. The highest BCUT2D eigenvalue weighted by Gasteiger charge is 2.30. The van der Waals surface area contributed by atoms with Gasteiger partial charge in [0.25, 0.3) is 0 Å². The minimum Gasteiger partial charge on any atom is -0.508 e. The van der Waals surface area contributed by atoms with E-state index < -0.39 is 66.4 Å². The number of hydrogen-bond acceptors (Lipinski definition) is 8. The van der Waals surface area contributed by atoms with Crippen molar-refractivity contribution in [1.82, 2.24) is 16.0 Å². The summed E-state index contributed by atoms with van der Waals surface area (Å²) in [6, 6.07) is 0.0592. The number of carbonyl (C=O) groups excluding carboxylic acids is 3. The molecule has 1 aromatic rings. The van der Waals surface area contributed by atoms with Gasteiger partial charge in [0.05, 0.1) is 12.5 Å².